The van der Waals surface area contributed by atoms with E-state index in [-0.39, 0.29) is 0 Å². The quantitative estimate of drug-likeness (QED) is 0.697. The second-order valence-electron chi connectivity index (χ2n) is 5.13. The normalized spacial score (nSPS) is 12.0. The minimum absolute atomic E-state index is 0.516. The van der Waals surface area contributed by atoms with Gasteiger partial charge >= 0.3 is 0 Å². The van der Waals surface area contributed by atoms with Gasteiger partial charge in [-0.15, -0.1) is 0 Å². The standard InChI is InChI=1S/C18H22ClNO/c1-3-14(2)17-9-4-5-10-18(17)21-12-11-20-16-8-6-7-15(19)13-16/h4-10,13-14,20H,3,11-12H2,1-2H3. The van der Waals surface area contributed by atoms with Gasteiger partial charge in [0.15, 0.2) is 0 Å². The number of para-hydroxylation sites is 1. The van der Waals surface area contributed by atoms with Crippen LogP contribution in [0, 0.1) is 0 Å². The molecule has 0 aromatic heterocycles. The zero-order valence-corrected chi connectivity index (χ0v) is 13.4. The Kier molecular flexibility index (Phi) is 5.94. The van der Waals surface area contributed by atoms with Crippen LogP contribution in [0.2, 0.25) is 5.02 Å². The number of hydrogen-bond donors (Lipinski definition) is 1. The van der Waals surface area contributed by atoms with Crippen molar-refractivity contribution in [1.29, 1.82) is 0 Å². The summed E-state index contributed by atoms with van der Waals surface area (Å²) in [4.78, 5) is 0. The number of anilines is 1. The van der Waals surface area contributed by atoms with Crippen molar-refractivity contribution in [3.05, 3.63) is 59.1 Å². The number of halogens is 1. The molecule has 3 heteroatoms. The fourth-order valence-electron chi connectivity index (χ4n) is 2.19. The maximum atomic E-state index is 5.95. The predicted octanol–water partition coefficient (Wildman–Crippen LogP) is 5.34. The molecule has 1 unspecified atom stereocenters. The molecule has 1 N–H and O–H groups in total. The molecule has 21 heavy (non-hydrogen) atoms. The molecular formula is C18H22ClNO. The molecule has 1 atom stereocenters. The van der Waals surface area contributed by atoms with E-state index >= 15 is 0 Å². The van der Waals surface area contributed by atoms with Gasteiger partial charge in [0, 0.05) is 17.3 Å². The summed E-state index contributed by atoms with van der Waals surface area (Å²) in [5.41, 5.74) is 2.30. The van der Waals surface area contributed by atoms with Crippen LogP contribution >= 0.6 is 11.6 Å². The van der Waals surface area contributed by atoms with E-state index in [0.717, 1.165) is 29.4 Å². The average molecular weight is 304 g/mol. The molecule has 0 aliphatic rings. The number of nitrogens with one attached hydrogen (secondary N) is 1. The van der Waals surface area contributed by atoms with Crippen LogP contribution in [-0.2, 0) is 0 Å². The predicted molar refractivity (Wildman–Crippen MR) is 90.6 cm³/mol. The summed E-state index contributed by atoms with van der Waals surface area (Å²) in [6, 6.07) is 16.0. The van der Waals surface area contributed by atoms with E-state index < -0.39 is 0 Å². The molecule has 0 saturated heterocycles. The Bertz CT molecular complexity index is 571. The lowest BCUT2D eigenvalue weighted by atomic mass is 9.98. The molecule has 2 rings (SSSR count). The average Bonchev–Trinajstić information content (AvgIpc) is 2.51. The first-order chi connectivity index (χ1) is 10.2. The van der Waals surface area contributed by atoms with Crippen molar-refractivity contribution in [1.82, 2.24) is 0 Å². The van der Waals surface area contributed by atoms with Crippen molar-refractivity contribution in [3.8, 4) is 5.75 Å². The first-order valence-electron chi connectivity index (χ1n) is 7.42. The van der Waals surface area contributed by atoms with Crippen LogP contribution in [0.4, 0.5) is 5.69 Å². The Morgan fingerprint density at radius 1 is 1.14 bits per heavy atom. The van der Waals surface area contributed by atoms with Crippen molar-refractivity contribution in [2.45, 2.75) is 26.2 Å². The molecule has 0 bridgehead atoms. The molecule has 2 aromatic carbocycles. The van der Waals surface area contributed by atoms with Crippen molar-refractivity contribution in [3.63, 3.8) is 0 Å². The molecule has 0 aliphatic carbocycles. The summed E-state index contributed by atoms with van der Waals surface area (Å²) in [7, 11) is 0. The van der Waals surface area contributed by atoms with Gasteiger partial charge in [0.25, 0.3) is 0 Å². The molecular weight excluding hydrogens is 282 g/mol. The van der Waals surface area contributed by atoms with Gasteiger partial charge in [-0.2, -0.15) is 0 Å². The van der Waals surface area contributed by atoms with Gasteiger partial charge < -0.3 is 10.1 Å². The van der Waals surface area contributed by atoms with Crippen molar-refractivity contribution < 1.29 is 4.74 Å². The number of hydrogen-bond acceptors (Lipinski definition) is 2. The highest BCUT2D eigenvalue weighted by molar-refractivity contribution is 6.30. The molecule has 0 saturated carbocycles. The van der Waals surface area contributed by atoms with E-state index in [4.69, 9.17) is 16.3 Å². The summed E-state index contributed by atoms with van der Waals surface area (Å²) >= 11 is 5.95. The highest BCUT2D eigenvalue weighted by Gasteiger charge is 2.09. The third-order valence-electron chi connectivity index (χ3n) is 3.58. The van der Waals surface area contributed by atoms with E-state index in [1.807, 2.05) is 36.4 Å². The van der Waals surface area contributed by atoms with Gasteiger partial charge in [0.1, 0.15) is 12.4 Å². The minimum atomic E-state index is 0.516. The van der Waals surface area contributed by atoms with Crippen LogP contribution in [-0.4, -0.2) is 13.2 Å². The molecule has 0 aliphatic heterocycles. The van der Waals surface area contributed by atoms with E-state index in [0.29, 0.717) is 12.5 Å². The molecule has 0 radical (unpaired) electrons. The Morgan fingerprint density at radius 2 is 1.95 bits per heavy atom. The van der Waals surface area contributed by atoms with Gasteiger partial charge in [0.05, 0.1) is 0 Å². The Hall–Kier alpha value is -1.67. The molecule has 0 heterocycles. The maximum Gasteiger partial charge on any atom is 0.122 e. The molecule has 0 spiro atoms. The number of benzene rings is 2. The topological polar surface area (TPSA) is 21.3 Å². The van der Waals surface area contributed by atoms with Crippen LogP contribution in [0.3, 0.4) is 0 Å². The zero-order valence-electron chi connectivity index (χ0n) is 12.6. The summed E-state index contributed by atoms with van der Waals surface area (Å²) in [6.45, 7) is 5.80. The van der Waals surface area contributed by atoms with Crippen LogP contribution in [0.5, 0.6) is 5.75 Å². The summed E-state index contributed by atoms with van der Waals surface area (Å²) in [5, 5.41) is 4.05. The zero-order chi connectivity index (χ0) is 15.1. The van der Waals surface area contributed by atoms with Crippen molar-refractivity contribution >= 4 is 17.3 Å². The second kappa shape index (κ2) is 7.94. The van der Waals surface area contributed by atoms with Crippen LogP contribution < -0.4 is 10.1 Å². The molecule has 2 aromatic rings. The summed E-state index contributed by atoms with van der Waals surface area (Å²) in [6.07, 6.45) is 1.11. The van der Waals surface area contributed by atoms with Gasteiger partial charge in [-0.1, -0.05) is 49.7 Å². The Morgan fingerprint density at radius 3 is 2.71 bits per heavy atom. The smallest absolute Gasteiger partial charge is 0.122 e. The van der Waals surface area contributed by atoms with E-state index in [1.54, 1.807) is 0 Å². The first-order valence-corrected chi connectivity index (χ1v) is 7.79. The number of rotatable bonds is 7. The van der Waals surface area contributed by atoms with Gasteiger partial charge in [-0.25, -0.2) is 0 Å². The minimum Gasteiger partial charge on any atom is -0.491 e. The molecule has 2 nitrogen and oxygen atoms in total. The molecule has 112 valence electrons. The first kappa shape index (κ1) is 15.7. The van der Waals surface area contributed by atoms with Crippen molar-refractivity contribution in [2.24, 2.45) is 0 Å². The summed E-state index contributed by atoms with van der Waals surface area (Å²) in [5.74, 6) is 1.50. The Labute approximate surface area is 132 Å². The van der Waals surface area contributed by atoms with Gasteiger partial charge in [0.2, 0.25) is 0 Å². The third kappa shape index (κ3) is 4.68. The largest absolute Gasteiger partial charge is 0.491 e. The summed E-state index contributed by atoms with van der Waals surface area (Å²) < 4.78 is 5.92. The third-order valence-corrected chi connectivity index (χ3v) is 3.81. The van der Waals surface area contributed by atoms with Gasteiger partial charge in [-0.3, -0.25) is 0 Å². The molecule has 0 fully saturated rings. The lowest BCUT2D eigenvalue weighted by Gasteiger charge is -2.16. The number of ether oxygens (including phenoxy) is 1. The monoisotopic (exact) mass is 303 g/mol. The highest BCUT2D eigenvalue weighted by atomic mass is 35.5. The lowest BCUT2D eigenvalue weighted by molar-refractivity contribution is 0.327. The van der Waals surface area contributed by atoms with Crippen LogP contribution in [0.25, 0.3) is 0 Å². The van der Waals surface area contributed by atoms with E-state index in [1.165, 1.54) is 5.56 Å². The van der Waals surface area contributed by atoms with Gasteiger partial charge in [-0.05, 0) is 42.2 Å². The van der Waals surface area contributed by atoms with Crippen LogP contribution in [0.1, 0.15) is 31.7 Å². The lowest BCUT2D eigenvalue weighted by Crippen LogP contribution is -2.12. The van der Waals surface area contributed by atoms with Crippen LogP contribution in [0.15, 0.2) is 48.5 Å². The highest BCUT2D eigenvalue weighted by Crippen LogP contribution is 2.28. The van der Waals surface area contributed by atoms with Crippen molar-refractivity contribution in [2.75, 3.05) is 18.5 Å². The second-order valence-corrected chi connectivity index (χ2v) is 5.57. The van der Waals surface area contributed by atoms with E-state index in [9.17, 15) is 0 Å². The fraction of sp³-hybridized carbons (Fsp3) is 0.333. The van der Waals surface area contributed by atoms with E-state index in [2.05, 4.69) is 31.3 Å². The Balaban J connectivity index is 1.86. The molecule has 0 amide bonds. The fourth-order valence-corrected chi connectivity index (χ4v) is 2.38. The SMILES string of the molecule is CCC(C)c1ccccc1OCCNc1cccc(Cl)c1. The maximum absolute atomic E-state index is 5.95.